The second kappa shape index (κ2) is 8.85. The van der Waals surface area contributed by atoms with Crippen molar-refractivity contribution in [3.8, 4) is 0 Å². The minimum Gasteiger partial charge on any atom is -0.321 e. The van der Waals surface area contributed by atoms with Gasteiger partial charge < -0.3 is 5.32 Å². The number of hydrogen-bond acceptors (Lipinski definition) is 5. The first-order valence-electron chi connectivity index (χ1n) is 9.96. The van der Waals surface area contributed by atoms with Crippen LogP contribution in [-0.2, 0) is 24.1 Å². The molecule has 2 saturated heterocycles. The second-order valence-electron chi connectivity index (χ2n) is 7.64. The first kappa shape index (κ1) is 22.2. The Kier molecular flexibility index (Phi) is 6.13. The molecule has 4 N–H and O–H groups in total. The van der Waals surface area contributed by atoms with Gasteiger partial charge in [0.05, 0.1) is 24.2 Å². The molecule has 11 heteroatoms. The molecule has 0 saturated carbocycles. The van der Waals surface area contributed by atoms with Gasteiger partial charge in [0.1, 0.15) is 12.1 Å². The van der Waals surface area contributed by atoms with Crippen LogP contribution in [0.25, 0.3) is 0 Å². The lowest BCUT2D eigenvalue weighted by Crippen LogP contribution is -2.74. The highest BCUT2D eigenvalue weighted by Crippen LogP contribution is 2.29. The second-order valence-corrected chi connectivity index (χ2v) is 7.64. The summed E-state index contributed by atoms with van der Waals surface area (Å²) in [5.41, 5.74) is -0.0707. The quantitative estimate of drug-likeness (QED) is 0.524. The zero-order valence-corrected chi connectivity index (χ0v) is 16.7. The molecule has 2 aliphatic rings. The number of carbonyl (C=O) groups excluding carboxylic acids is 2. The van der Waals surface area contributed by atoms with Crippen LogP contribution in [0.4, 0.5) is 22.4 Å². The van der Waals surface area contributed by atoms with Crippen molar-refractivity contribution in [3.05, 3.63) is 71.0 Å². The third-order valence-corrected chi connectivity index (χ3v) is 5.45. The molecule has 0 aromatic heterocycles. The monoisotopic (exact) mass is 451 g/mol. The van der Waals surface area contributed by atoms with Crippen LogP contribution in [0.15, 0.2) is 48.5 Å². The number of halogens is 4. The lowest BCUT2D eigenvalue weighted by Gasteiger charge is -2.43. The highest BCUT2D eigenvalue weighted by Gasteiger charge is 2.44. The number of nitrogens with zero attached hydrogens (tertiary/aromatic N) is 1. The Bertz CT molecular complexity index is 1020. The number of amides is 3. The van der Waals surface area contributed by atoms with Gasteiger partial charge in [-0.25, -0.2) is 9.18 Å². The lowest BCUT2D eigenvalue weighted by atomic mass is 9.99. The molecule has 2 aromatic rings. The van der Waals surface area contributed by atoms with Crippen molar-refractivity contribution in [2.75, 3.05) is 6.54 Å². The standard InChI is InChI=1S/C21H21F4N5O2/c22-16-7-2-1-5-13(16)11-30-18(31)15-10-27-19(28-17(15)29-20(30)32)26-9-12-4-3-6-14(8-12)21(23,24)25/h1-8,15,17,19,26-28H,9-11H2,(H,29,32). The number of imide groups is 1. The van der Waals surface area contributed by atoms with Gasteiger partial charge in [0.25, 0.3) is 0 Å². The molecule has 4 rings (SSSR count). The number of fused-ring (bicyclic) bond motifs is 1. The van der Waals surface area contributed by atoms with Crippen LogP contribution in [0.1, 0.15) is 16.7 Å². The van der Waals surface area contributed by atoms with E-state index in [1.54, 1.807) is 12.1 Å². The molecule has 2 heterocycles. The van der Waals surface area contributed by atoms with Gasteiger partial charge in [-0.05, 0) is 17.7 Å². The number of nitrogens with one attached hydrogen (secondary N) is 4. The van der Waals surface area contributed by atoms with Crippen LogP contribution in [0.5, 0.6) is 0 Å². The van der Waals surface area contributed by atoms with Crippen molar-refractivity contribution < 1.29 is 27.2 Å². The fraction of sp³-hybridized carbons (Fsp3) is 0.333. The zero-order valence-electron chi connectivity index (χ0n) is 16.7. The molecule has 0 spiro atoms. The van der Waals surface area contributed by atoms with Crippen LogP contribution in [0.3, 0.4) is 0 Å². The average molecular weight is 451 g/mol. The Labute approximate surface area is 181 Å². The molecular formula is C21H21F4N5O2. The predicted octanol–water partition coefficient (Wildman–Crippen LogP) is 2.10. The summed E-state index contributed by atoms with van der Waals surface area (Å²) < 4.78 is 52.5. The van der Waals surface area contributed by atoms with Gasteiger partial charge in [-0.1, -0.05) is 36.4 Å². The molecule has 170 valence electrons. The Balaban J connectivity index is 1.36. The van der Waals surface area contributed by atoms with Gasteiger partial charge in [-0.15, -0.1) is 0 Å². The molecule has 2 fully saturated rings. The minimum atomic E-state index is -4.42. The predicted molar refractivity (Wildman–Crippen MR) is 106 cm³/mol. The van der Waals surface area contributed by atoms with E-state index in [0.29, 0.717) is 5.56 Å². The lowest BCUT2D eigenvalue weighted by molar-refractivity contribution is -0.138. The minimum absolute atomic E-state index is 0.132. The average Bonchev–Trinajstić information content (AvgIpc) is 2.76. The topological polar surface area (TPSA) is 85.5 Å². The molecular weight excluding hydrogens is 430 g/mol. The molecule has 2 aliphatic heterocycles. The van der Waals surface area contributed by atoms with E-state index < -0.39 is 47.9 Å². The molecule has 7 nitrogen and oxygen atoms in total. The molecule has 0 aliphatic carbocycles. The molecule has 0 bridgehead atoms. The number of benzene rings is 2. The van der Waals surface area contributed by atoms with E-state index in [1.807, 2.05) is 0 Å². The summed E-state index contributed by atoms with van der Waals surface area (Å²) >= 11 is 0. The Morgan fingerprint density at radius 3 is 2.62 bits per heavy atom. The molecule has 3 atom stereocenters. The highest BCUT2D eigenvalue weighted by molar-refractivity contribution is 5.98. The Morgan fingerprint density at radius 1 is 1.09 bits per heavy atom. The van der Waals surface area contributed by atoms with E-state index in [-0.39, 0.29) is 25.2 Å². The third-order valence-electron chi connectivity index (χ3n) is 5.45. The van der Waals surface area contributed by atoms with Gasteiger partial charge in [0.2, 0.25) is 5.91 Å². The fourth-order valence-corrected chi connectivity index (χ4v) is 3.76. The Morgan fingerprint density at radius 2 is 1.88 bits per heavy atom. The summed E-state index contributed by atoms with van der Waals surface area (Å²) in [5, 5.41) is 11.8. The van der Waals surface area contributed by atoms with E-state index in [4.69, 9.17) is 0 Å². The fourth-order valence-electron chi connectivity index (χ4n) is 3.76. The summed E-state index contributed by atoms with van der Waals surface area (Å²) in [7, 11) is 0. The van der Waals surface area contributed by atoms with E-state index in [0.717, 1.165) is 17.0 Å². The van der Waals surface area contributed by atoms with Gasteiger partial charge in [0.15, 0.2) is 0 Å². The maximum atomic E-state index is 13.9. The van der Waals surface area contributed by atoms with Crippen molar-refractivity contribution in [1.82, 2.24) is 26.2 Å². The summed E-state index contributed by atoms with van der Waals surface area (Å²) in [5.74, 6) is -1.57. The molecule has 3 unspecified atom stereocenters. The van der Waals surface area contributed by atoms with Crippen LogP contribution >= 0.6 is 0 Å². The maximum absolute atomic E-state index is 13.9. The Hall–Kier alpha value is -3.02. The largest absolute Gasteiger partial charge is 0.416 e. The van der Waals surface area contributed by atoms with E-state index in [9.17, 15) is 27.2 Å². The first-order valence-corrected chi connectivity index (χ1v) is 9.96. The highest BCUT2D eigenvalue weighted by atomic mass is 19.4. The van der Waals surface area contributed by atoms with Gasteiger partial charge >= 0.3 is 12.2 Å². The summed E-state index contributed by atoms with van der Waals surface area (Å²) in [4.78, 5) is 26.3. The van der Waals surface area contributed by atoms with Gasteiger partial charge in [-0.2, -0.15) is 13.2 Å². The van der Waals surface area contributed by atoms with Crippen molar-refractivity contribution in [2.24, 2.45) is 5.92 Å². The van der Waals surface area contributed by atoms with E-state index in [2.05, 4.69) is 21.3 Å². The van der Waals surface area contributed by atoms with Crippen LogP contribution < -0.4 is 21.3 Å². The smallest absolute Gasteiger partial charge is 0.321 e. The van der Waals surface area contributed by atoms with Gasteiger partial charge in [0, 0.05) is 18.7 Å². The van der Waals surface area contributed by atoms with Crippen LogP contribution in [-0.4, -0.2) is 35.8 Å². The number of urea groups is 1. The first-order chi connectivity index (χ1) is 15.2. The maximum Gasteiger partial charge on any atom is 0.416 e. The SMILES string of the molecule is O=C1NC2NC(NCc3cccc(C(F)(F)F)c3)NCC2C(=O)N1Cc1ccccc1F. The summed E-state index contributed by atoms with van der Waals surface area (Å²) in [6.45, 7) is 0.163. The van der Waals surface area contributed by atoms with Crippen LogP contribution in [0.2, 0.25) is 0 Å². The summed E-state index contributed by atoms with van der Waals surface area (Å²) in [6.07, 6.45) is -5.64. The van der Waals surface area contributed by atoms with Gasteiger partial charge in [-0.3, -0.25) is 25.6 Å². The van der Waals surface area contributed by atoms with Crippen molar-refractivity contribution in [1.29, 1.82) is 0 Å². The van der Waals surface area contributed by atoms with Crippen molar-refractivity contribution >= 4 is 11.9 Å². The normalized spacial score (nSPS) is 23.6. The van der Waals surface area contributed by atoms with E-state index >= 15 is 0 Å². The number of alkyl halides is 3. The molecule has 2 aromatic carbocycles. The number of rotatable bonds is 5. The van der Waals surface area contributed by atoms with Crippen molar-refractivity contribution in [3.63, 3.8) is 0 Å². The van der Waals surface area contributed by atoms with Crippen LogP contribution in [0, 0.1) is 11.7 Å². The van der Waals surface area contributed by atoms with Crippen molar-refractivity contribution in [2.45, 2.75) is 31.7 Å². The molecule has 0 radical (unpaired) electrons. The number of carbonyl (C=O) groups is 2. The summed E-state index contributed by atoms with van der Waals surface area (Å²) in [6, 6.07) is 10.2. The molecule has 3 amide bonds. The third kappa shape index (κ3) is 4.74. The molecule has 32 heavy (non-hydrogen) atoms. The zero-order chi connectivity index (χ0) is 22.9. The van der Waals surface area contributed by atoms with E-state index in [1.165, 1.54) is 24.3 Å². The number of hydrogen-bond donors (Lipinski definition) is 4.